The highest BCUT2D eigenvalue weighted by Crippen LogP contribution is 2.41. The van der Waals surface area contributed by atoms with Gasteiger partial charge in [0.05, 0.1) is 6.10 Å². The molecular formula is C10H12OS2. The molecule has 0 spiro atoms. The molecule has 1 aliphatic rings. The minimum Gasteiger partial charge on any atom is -0.388 e. The summed E-state index contributed by atoms with van der Waals surface area (Å²) in [6.45, 7) is 0. The predicted octanol–water partition coefficient (Wildman–Crippen LogP) is 3.07. The molecule has 1 aliphatic carbocycles. The molecule has 1 aromatic rings. The van der Waals surface area contributed by atoms with E-state index in [-0.39, 0.29) is 6.10 Å². The molecule has 3 heteroatoms. The summed E-state index contributed by atoms with van der Waals surface area (Å²) in [5.74, 6) is 0.509. The predicted molar refractivity (Wildman–Crippen MR) is 59.0 cm³/mol. The number of aliphatic hydroxyl groups excluding tert-OH is 1. The molecule has 70 valence electrons. The van der Waals surface area contributed by atoms with Crippen molar-refractivity contribution >= 4 is 22.5 Å². The maximum absolute atomic E-state index is 9.80. The monoisotopic (exact) mass is 212 g/mol. The zero-order chi connectivity index (χ0) is 9.26. The van der Waals surface area contributed by atoms with Crippen molar-refractivity contribution in [3.8, 4) is 0 Å². The van der Waals surface area contributed by atoms with Crippen molar-refractivity contribution in [1.29, 1.82) is 0 Å². The second kappa shape index (κ2) is 3.95. The lowest BCUT2D eigenvalue weighted by Gasteiger charge is -2.09. The lowest BCUT2D eigenvalue weighted by atomic mass is 10.1. The second-order valence-electron chi connectivity index (χ2n) is 3.44. The van der Waals surface area contributed by atoms with Gasteiger partial charge in [0, 0.05) is 4.90 Å². The molecule has 0 amide bonds. The van der Waals surface area contributed by atoms with Crippen LogP contribution < -0.4 is 0 Å². The summed E-state index contributed by atoms with van der Waals surface area (Å²) < 4.78 is 0. The molecule has 1 unspecified atom stereocenters. The van der Waals surface area contributed by atoms with E-state index in [4.69, 9.17) is 0 Å². The van der Waals surface area contributed by atoms with Gasteiger partial charge in [-0.05, 0) is 36.5 Å². The average molecular weight is 212 g/mol. The number of benzene rings is 1. The molecule has 1 saturated carbocycles. The minimum absolute atomic E-state index is 0.251. The van der Waals surface area contributed by atoms with Crippen molar-refractivity contribution in [2.75, 3.05) is 0 Å². The third kappa shape index (κ3) is 2.22. The smallest absolute Gasteiger partial charge is 0.0818 e. The first-order valence-electron chi connectivity index (χ1n) is 4.40. The molecular weight excluding hydrogens is 200 g/mol. The SMILES string of the molecule is OC(c1ccc(SS)cc1)C1CC1. The molecule has 13 heavy (non-hydrogen) atoms. The van der Waals surface area contributed by atoms with Gasteiger partial charge in [0.1, 0.15) is 0 Å². The Morgan fingerprint density at radius 2 is 1.92 bits per heavy atom. The molecule has 2 rings (SSSR count). The minimum atomic E-state index is -0.251. The van der Waals surface area contributed by atoms with E-state index in [1.165, 1.54) is 23.6 Å². The van der Waals surface area contributed by atoms with Crippen LogP contribution in [0.4, 0.5) is 0 Å². The van der Waals surface area contributed by atoms with E-state index in [2.05, 4.69) is 11.7 Å². The van der Waals surface area contributed by atoms with Crippen LogP contribution in [0.25, 0.3) is 0 Å². The molecule has 0 aliphatic heterocycles. The molecule has 1 aromatic carbocycles. The number of aliphatic hydroxyl groups is 1. The van der Waals surface area contributed by atoms with Gasteiger partial charge in [-0.2, -0.15) is 0 Å². The number of hydrogen-bond donors (Lipinski definition) is 2. The fourth-order valence-corrected chi connectivity index (χ4v) is 2.03. The van der Waals surface area contributed by atoms with Crippen molar-refractivity contribution in [2.24, 2.45) is 5.92 Å². The van der Waals surface area contributed by atoms with Crippen LogP contribution in [0.2, 0.25) is 0 Å². The Morgan fingerprint density at radius 1 is 1.31 bits per heavy atom. The number of thiol groups is 1. The van der Waals surface area contributed by atoms with E-state index >= 15 is 0 Å². The molecule has 0 bridgehead atoms. The first kappa shape index (κ1) is 9.44. The Kier molecular flexibility index (Phi) is 2.86. The van der Waals surface area contributed by atoms with Gasteiger partial charge in [0.2, 0.25) is 0 Å². The van der Waals surface area contributed by atoms with Crippen LogP contribution in [0, 0.1) is 5.92 Å². The van der Waals surface area contributed by atoms with Crippen LogP contribution in [0.1, 0.15) is 24.5 Å². The molecule has 0 saturated heterocycles. The number of hydrogen-bond acceptors (Lipinski definition) is 3. The zero-order valence-electron chi connectivity index (χ0n) is 7.18. The summed E-state index contributed by atoms with van der Waals surface area (Å²) in [7, 11) is 1.43. The van der Waals surface area contributed by atoms with Gasteiger partial charge >= 0.3 is 0 Å². The normalized spacial score (nSPS) is 18.6. The van der Waals surface area contributed by atoms with Gasteiger partial charge < -0.3 is 5.11 Å². The van der Waals surface area contributed by atoms with Crippen LogP contribution in [-0.4, -0.2) is 5.11 Å². The quantitative estimate of drug-likeness (QED) is 0.593. The third-order valence-corrected chi connectivity index (χ3v) is 3.51. The maximum atomic E-state index is 9.80. The van der Waals surface area contributed by atoms with Crippen LogP contribution in [-0.2, 0) is 0 Å². The molecule has 1 fully saturated rings. The van der Waals surface area contributed by atoms with Crippen molar-refractivity contribution < 1.29 is 5.11 Å². The fraction of sp³-hybridized carbons (Fsp3) is 0.400. The van der Waals surface area contributed by atoms with Crippen molar-refractivity contribution in [1.82, 2.24) is 0 Å². The second-order valence-corrected chi connectivity index (χ2v) is 4.64. The zero-order valence-corrected chi connectivity index (χ0v) is 8.89. The van der Waals surface area contributed by atoms with Crippen LogP contribution in [0.15, 0.2) is 29.2 Å². The van der Waals surface area contributed by atoms with Gasteiger partial charge in [0.25, 0.3) is 0 Å². The Labute approximate surface area is 87.4 Å². The van der Waals surface area contributed by atoms with Crippen molar-refractivity contribution in [2.45, 2.75) is 23.8 Å². The molecule has 1 nitrogen and oxygen atoms in total. The summed E-state index contributed by atoms with van der Waals surface area (Å²) in [5, 5.41) is 9.80. The molecule has 0 radical (unpaired) electrons. The van der Waals surface area contributed by atoms with Crippen molar-refractivity contribution in [3.05, 3.63) is 29.8 Å². The largest absolute Gasteiger partial charge is 0.388 e. The Balaban J connectivity index is 2.11. The summed E-state index contributed by atoms with van der Waals surface area (Å²) >= 11 is 4.10. The average Bonchev–Trinajstić information content (AvgIpc) is 3.00. The molecule has 0 aromatic heterocycles. The fourth-order valence-electron chi connectivity index (χ4n) is 1.41. The van der Waals surface area contributed by atoms with Crippen molar-refractivity contribution in [3.63, 3.8) is 0 Å². The highest BCUT2D eigenvalue weighted by atomic mass is 33.1. The van der Waals surface area contributed by atoms with Crippen LogP contribution >= 0.6 is 22.5 Å². The highest BCUT2D eigenvalue weighted by molar-refractivity contribution is 8.68. The standard InChI is InChI=1S/C10H12OS2/c11-10(7-1-2-7)8-3-5-9(13-12)6-4-8/h3-7,10-12H,1-2H2. The van der Waals surface area contributed by atoms with Crippen LogP contribution in [0.3, 0.4) is 0 Å². The summed E-state index contributed by atoms with van der Waals surface area (Å²) in [4.78, 5) is 1.12. The van der Waals surface area contributed by atoms with Gasteiger partial charge in [-0.25, -0.2) is 0 Å². The van der Waals surface area contributed by atoms with E-state index in [0.29, 0.717) is 5.92 Å². The van der Waals surface area contributed by atoms with Gasteiger partial charge in [0.15, 0.2) is 0 Å². The van der Waals surface area contributed by atoms with E-state index in [9.17, 15) is 5.11 Å². The van der Waals surface area contributed by atoms with Gasteiger partial charge in [-0.3, -0.25) is 0 Å². The Morgan fingerprint density at radius 3 is 2.38 bits per heavy atom. The van der Waals surface area contributed by atoms with E-state index in [0.717, 1.165) is 10.5 Å². The lowest BCUT2D eigenvalue weighted by molar-refractivity contribution is 0.154. The molecule has 1 atom stereocenters. The third-order valence-electron chi connectivity index (χ3n) is 2.40. The first-order valence-corrected chi connectivity index (χ1v) is 6.27. The topological polar surface area (TPSA) is 20.2 Å². The molecule has 1 N–H and O–H groups in total. The Bertz CT molecular complexity index is 279. The lowest BCUT2D eigenvalue weighted by Crippen LogP contribution is -1.98. The maximum Gasteiger partial charge on any atom is 0.0818 e. The summed E-state index contributed by atoms with van der Waals surface area (Å²) in [5.41, 5.74) is 1.04. The summed E-state index contributed by atoms with van der Waals surface area (Å²) in [6, 6.07) is 7.97. The Hall–Kier alpha value is -0.120. The van der Waals surface area contributed by atoms with Crippen LogP contribution in [0.5, 0.6) is 0 Å². The van der Waals surface area contributed by atoms with Gasteiger partial charge in [-0.15, -0.1) is 11.7 Å². The summed E-state index contributed by atoms with van der Waals surface area (Å²) in [6.07, 6.45) is 2.09. The first-order chi connectivity index (χ1) is 6.31. The van der Waals surface area contributed by atoms with Gasteiger partial charge in [-0.1, -0.05) is 22.9 Å². The highest BCUT2D eigenvalue weighted by Gasteiger charge is 2.30. The van der Waals surface area contributed by atoms with E-state index < -0.39 is 0 Å². The number of rotatable bonds is 3. The van der Waals surface area contributed by atoms with E-state index in [1.54, 1.807) is 0 Å². The molecule has 0 heterocycles. The van der Waals surface area contributed by atoms with E-state index in [1.807, 2.05) is 24.3 Å².